The molecule has 0 N–H and O–H groups in total. The molecule has 0 saturated carbocycles. The summed E-state index contributed by atoms with van der Waals surface area (Å²) in [4.78, 5) is 5.06. The van der Waals surface area contributed by atoms with Crippen LogP contribution >= 0.6 is 0 Å². The molecule has 2 fully saturated rings. The van der Waals surface area contributed by atoms with Gasteiger partial charge in [0.2, 0.25) is 0 Å². The second kappa shape index (κ2) is 9.53. The minimum absolute atomic E-state index is 0.372. The molecule has 0 unspecified atom stereocenters. The summed E-state index contributed by atoms with van der Waals surface area (Å²) in [6.07, 6.45) is 2.74. The summed E-state index contributed by atoms with van der Waals surface area (Å²) in [5, 5.41) is 0. The number of rotatable bonds is 8. The Morgan fingerprint density at radius 1 is 1.28 bits per heavy atom. The molecular formula is C20H32N2O3. The number of methoxy groups -OCH3 is 1. The maximum absolute atomic E-state index is 5.88. The molecule has 2 aliphatic rings. The van der Waals surface area contributed by atoms with Gasteiger partial charge in [-0.1, -0.05) is 18.2 Å². The molecule has 2 heterocycles. The van der Waals surface area contributed by atoms with Gasteiger partial charge in [-0.2, -0.15) is 0 Å². The van der Waals surface area contributed by atoms with Crippen molar-refractivity contribution >= 4 is 0 Å². The van der Waals surface area contributed by atoms with Crippen molar-refractivity contribution in [1.29, 1.82) is 0 Å². The monoisotopic (exact) mass is 348 g/mol. The van der Waals surface area contributed by atoms with Crippen molar-refractivity contribution in [3.05, 3.63) is 29.8 Å². The number of nitrogens with zero attached hydrogens (tertiary/aromatic N) is 2. The van der Waals surface area contributed by atoms with Gasteiger partial charge in [0.15, 0.2) is 0 Å². The number of hydrogen-bond donors (Lipinski definition) is 0. The number of morpholine rings is 1. The average Bonchev–Trinajstić information content (AvgIpc) is 3.14. The topological polar surface area (TPSA) is 34.2 Å². The zero-order valence-corrected chi connectivity index (χ0v) is 15.7. The van der Waals surface area contributed by atoms with E-state index in [2.05, 4.69) is 28.9 Å². The van der Waals surface area contributed by atoms with Crippen LogP contribution in [0.1, 0.15) is 25.3 Å². The van der Waals surface area contributed by atoms with Crippen molar-refractivity contribution in [2.24, 2.45) is 0 Å². The van der Waals surface area contributed by atoms with Crippen LogP contribution in [0.5, 0.6) is 5.75 Å². The van der Waals surface area contributed by atoms with E-state index in [-0.39, 0.29) is 0 Å². The van der Waals surface area contributed by atoms with Crippen molar-refractivity contribution in [1.82, 2.24) is 9.80 Å². The van der Waals surface area contributed by atoms with E-state index in [9.17, 15) is 0 Å². The maximum Gasteiger partial charge on any atom is 0.123 e. The van der Waals surface area contributed by atoms with Crippen molar-refractivity contribution < 1.29 is 14.2 Å². The van der Waals surface area contributed by atoms with E-state index in [0.29, 0.717) is 12.1 Å². The van der Waals surface area contributed by atoms with Gasteiger partial charge >= 0.3 is 0 Å². The lowest BCUT2D eigenvalue weighted by Gasteiger charge is -2.35. The molecule has 1 aromatic rings. The van der Waals surface area contributed by atoms with Gasteiger partial charge in [-0.05, 0) is 25.8 Å². The van der Waals surface area contributed by atoms with Gasteiger partial charge in [-0.3, -0.25) is 9.80 Å². The number of para-hydroxylation sites is 1. The largest absolute Gasteiger partial charge is 0.496 e. The Labute approximate surface area is 151 Å². The van der Waals surface area contributed by atoms with Crippen molar-refractivity contribution in [3.8, 4) is 5.75 Å². The second-order valence-electron chi connectivity index (χ2n) is 7.14. The summed E-state index contributed by atoms with van der Waals surface area (Å²) in [6, 6.07) is 8.83. The van der Waals surface area contributed by atoms with Crippen LogP contribution in [0.25, 0.3) is 0 Å². The first-order valence-electron chi connectivity index (χ1n) is 9.54. The molecule has 140 valence electrons. The van der Waals surface area contributed by atoms with E-state index in [1.54, 1.807) is 7.11 Å². The Kier molecular flexibility index (Phi) is 7.11. The molecular weight excluding hydrogens is 316 g/mol. The van der Waals surface area contributed by atoms with Gasteiger partial charge < -0.3 is 14.2 Å². The average molecular weight is 348 g/mol. The van der Waals surface area contributed by atoms with Gasteiger partial charge in [0.1, 0.15) is 5.75 Å². The van der Waals surface area contributed by atoms with Gasteiger partial charge in [-0.25, -0.2) is 0 Å². The van der Waals surface area contributed by atoms with Crippen LogP contribution in [0.2, 0.25) is 0 Å². The third kappa shape index (κ3) is 5.42. The van der Waals surface area contributed by atoms with E-state index in [0.717, 1.165) is 58.3 Å². The lowest BCUT2D eigenvalue weighted by atomic mass is 10.1. The van der Waals surface area contributed by atoms with Crippen LogP contribution in [-0.2, 0) is 16.0 Å². The highest BCUT2D eigenvalue weighted by molar-refractivity contribution is 5.33. The van der Waals surface area contributed by atoms with Crippen molar-refractivity contribution in [2.45, 2.75) is 38.5 Å². The number of benzene rings is 1. The standard InChI is InChI=1S/C20H32N2O3/c1-17-16-24-13-11-22(17)10-9-21(15-19-7-5-12-25-19)14-18-6-3-4-8-20(18)23-2/h3-4,6,8,17,19H,5,7,9-16H2,1-2H3/t17-,19-/m1/s1. The van der Waals surface area contributed by atoms with Crippen LogP contribution in [0.4, 0.5) is 0 Å². The van der Waals surface area contributed by atoms with Gasteiger partial charge in [0.25, 0.3) is 0 Å². The Morgan fingerprint density at radius 3 is 2.92 bits per heavy atom. The van der Waals surface area contributed by atoms with E-state index >= 15 is 0 Å². The van der Waals surface area contributed by atoms with Crippen LogP contribution < -0.4 is 4.74 Å². The summed E-state index contributed by atoms with van der Waals surface area (Å²) in [5.74, 6) is 0.972. The summed E-state index contributed by atoms with van der Waals surface area (Å²) in [5.41, 5.74) is 1.25. The fourth-order valence-electron chi connectivity index (χ4n) is 3.75. The first-order valence-corrected chi connectivity index (χ1v) is 9.54. The highest BCUT2D eigenvalue weighted by atomic mass is 16.5. The molecule has 0 radical (unpaired) electrons. The summed E-state index contributed by atoms with van der Waals surface area (Å²) in [6.45, 7) is 9.91. The zero-order chi connectivity index (χ0) is 17.5. The minimum Gasteiger partial charge on any atom is -0.496 e. The van der Waals surface area contributed by atoms with Gasteiger partial charge in [0.05, 0.1) is 26.4 Å². The molecule has 0 aromatic heterocycles. The van der Waals surface area contributed by atoms with E-state index < -0.39 is 0 Å². The predicted molar refractivity (Wildman–Crippen MR) is 99.1 cm³/mol. The molecule has 25 heavy (non-hydrogen) atoms. The maximum atomic E-state index is 5.88. The highest BCUT2D eigenvalue weighted by Crippen LogP contribution is 2.21. The van der Waals surface area contributed by atoms with E-state index in [1.807, 2.05) is 12.1 Å². The van der Waals surface area contributed by atoms with Crippen LogP contribution in [-0.4, -0.2) is 75.1 Å². The minimum atomic E-state index is 0.372. The fourth-order valence-corrected chi connectivity index (χ4v) is 3.75. The summed E-state index contributed by atoms with van der Waals surface area (Å²) in [7, 11) is 1.75. The van der Waals surface area contributed by atoms with Gasteiger partial charge in [-0.15, -0.1) is 0 Å². The van der Waals surface area contributed by atoms with Gasteiger partial charge in [0, 0.05) is 50.9 Å². The summed E-state index contributed by atoms with van der Waals surface area (Å²) >= 11 is 0. The molecule has 0 spiro atoms. The first kappa shape index (κ1) is 18.6. The van der Waals surface area contributed by atoms with E-state index in [1.165, 1.54) is 18.4 Å². The fraction of sp³-hybridized carbons (Fsp3) is 0.700. The van der Waals surface area contributed by atoms with E-state index in [4.69, 9.17) is 14.2 Å². The molecule has 0 bridgehead atoms. The molecule has 0 aliphatic carbocycles. The SMILES string of the molecule is COc1ccccc1CN(CCN1CCOC[C@H]1C)C[C@H]1CCCO1. The lowest BCUT2D eigenvalue weighted by Crippen LogP contribution is -2.47. The number of ether oxygens (including phenoxy) is 3. The molecule has 5 heteroatoms. The predicted octanol–water partition coefficient (Wildman–Crippen LogP) is 2.40. The van der Waals surface area contributed by atoms with Crippen LogP contribution in [0.15, 0.2) is 24.3 Å². The Balaban J connectivity index is 1.61. The van der Waals surface area contributed by atoms with Crippen LogP contribution in [0, 0.1) is 0 Å². The number of hydrogen-bond acceptors (Lipinski definition) is 5. The first-order chi connectivity index (χ1) is 12.3. The quantitative estimate of drug-likeness (QED) is 0.721. The molecule has 0 amide bonds. The highest BCUT2D eigenvalue weighted by Gasteiger charge is 2.23. The molecule has 3 rings (SSSR count). The van der Waals surface area contributed by atoms with Crippen molar-refractivity contribution in [2.75, 3.05) is 53.1 Å². The lowest BCUT2D eigenvalue weighted by molar-refractivity contribution is -0.00723. The molecule has 5 nitrogen and oxygen atoms in total. The Morgan fingerprint density at radius 2 is 2.16 bits per heavy atom. The molecule has 1 aromatic carbocycles. The summed E-state index contributed by atoms with van der Waals surface area (Å²) < 4.78 is 17.0. The van der Waals surface area contributed by atoms with Crippen LogP contribution in [0.3, 0.4) is 0 Å². The second-order valence-corrected chi connectivity index (χ2v) is 7.14. The third-order valence-corrected chi connectivity index (χ3v) is 5.28. The Bertz CT molecular complexity index is 519. The Hall–Kier alpha value is -1.14. The normalized spacial score (nSPS) is 24.8. The molecule has 2 saturated heterocycles. The third-order valence-electron chi connectivity index (χ3n) is 5.28. The molecule has 2 atom stereocenters. The smallest absolute Gasteiger partial charge is 0.123 e. The van der Waals surface area contributed by atoms with Crippen molar-refractivity contribution in [3.63, 3.8) is 0 Å². The molecule has 2 aliphatic heterocycles. The zero-order valence-electron chi connectivity index (χ0n) is 15.7.